The summed E-state index contributed by atoms with van der Waals surface area (Å²) in [6.45, 7) is 0. The topological polar surface area (TPSA) is 33.6 Å². The van der Waals surface area contributed by atoms with Crippen molar-refractivity contribution < 1.29 is 19.4 Å². The SMILES string of the molecule is Cn1[nH]c(C2CCCCC2)n[c]1=[Pt]. The first-order chi connectivity index (χ1) is 6.27. The first-order valence-corrected chi connectivity index (χ1v) is 5.99. The third-order valence-corrected chi connectivity index (χ3v) is 3.75. The molecule has 1 N–H and O–H groups in total. The zero-order chi connectivity index (χ0) is 9.26. The molecule has 0 radical (unpaired) electrons. The summed E-state index contributed by atoms with van der Waals surface area (Å²) in [4.78, 5) is 4.53. The molecule has 0 unspecified atom stereocenters. The van der Waals surface area contributed by atoms with Gasteiger partial charge in [0, 0.05) is 0 Å². The van der Waals surface area contributed by atoms with Crippen molar-refractivity contribution in [1.29, 1.82) is 0 Å². The molecule has 1 heterocycles. The van der Waals surface area contributed by atoms with Crippen molar-refractivity contribution in [2.75, 3.05) is 0 Å². The van der Waals surface area contributed by atoms with Crippen molar-refractivity contribution in [3.63, 3.8) is 0 Å². The molecule has 0 aromatic carbocycles. The van der Waals surface area contributed by atoms with Gasteiger partial charge < -0.3 is 0 Å². The van der Waals surface area contributed by atoms with Gasteiger partial charge in [-0.1, -0.05) is 0 Å². The minimum atomic E-state index is 0.684. The van der Waals surface area contributed by atoms with Crippen LogP contribution in [0.15, 0.2) is 0 Å². The third kappa shape index (κ3) is 2.01. The van der Waals surface area contributed by atoms with E-state index < -0.39 is 0 Å². The van der Waals surface area contributed by atoms with Crippen LogP contribution < -0.4 is 0 Å². The molecule has 13 heavy (non-hydrogen) atoms. The number of aromatic amines is 1. The molecule has 0 atom stereocenters. The molecule has 1 aromatic rings. The number of rotatable bonds is 1. The quantitative estimate of drug-likeness (QED) is 0.815. The second-order valence-corrected chi connectivity index (χ2v) is 4.76. The fourth-order valence-electron chi connectivity index (χ4n) is 1.97. The fourth-order valence-corrected chi connectivity index (χ4v) is 2.37. The van der Waals surface area contributed by atoms with Crippen LogP contribution in [0.1, 0.15) is 43.8 Å². The first-order valence-electron chi connectivity index (χ1n) is 4.85. The number of aromatic nitrogens is 3. The minimum absolute atomic E-state index is 0.684. The molecule has 0 bridgehead atoms. The van der Waals surface area contributed by atoms with Crippen LogP contribution in [0.3, 0.4) is 0 Å². The van der Waals surface area contributed by atoms with E-state index in [0.717, 1.165) is 3.80 Å². The summed E-state index contributed by atoms with van der Waals surface area (Å²) < 4.78 is 3.05. The summed E-state index contributed by atoms with van der Waals surface area (Å²) in [5.74, 6) is 1.87. The molecular weight excluding hydrogens is 345 g/mol. The number of aryl methyl sites for hydroxylation is 1. The van der Waals surface area contributed by atoms with E-state index in [1.165, 1.54) is 37.9 Å². The zero-order valence-electron chi connectivity index (χ0n) is 7.82. The Morgan fingerprint density at radius 1 is 1.38 bits per heavy atom. The Morgan fingerprint density at radius 2 is 2.08 bits per heavy atom. The van der Waals surface area contributed by atoms with Crippen LogP contribution in [-0.2, 0) is 26.4 Å². The molecule has 3 nitrogen and oxygen atoms in total. The van der Waals surface area contributed by atoms with Gasteiger partial charge in [-0.3, -0.25) is 0 Å². The second kappa shape index (κ2) is 3.91. The zero-order valence-corrected chi connectivity index (χ0v) is 10.1. The Balaban J connectivity index is 2.19. The summed E-state index contributed by atoms with van der Waals surface area (Å²) in [7, 11) is 2.02. The van der Waals surface area contributed by atoms with Gasteiger partial charge in [0.05, 0.1) is 0 Å². The van der Waals surface area contributed by atoms with E-state index >= 15 is 0 Å². The van der Waals surface area contributed by atoms with E-state index in [9.17, 15) is 0 Å². The molecule has 76 valence electrons. The Hall–Kier alpha value is -0.172. The van der Waals surface area contributed by atoms with Gasteiger partial charge in [0.2, 0.25) is 0 Å². The van der Waals surface area contributed by atoms with Gasteiger partial charge in [-0.2, -0.15) is 0 Å². The molecular formula is C9H15N3Pt. The molecule has 0 amide bonds. The molecule has 1 fully saturated rings. The molecule has 0 spiro atoms. The number of hydrogen-bond acceptors (Lipinski definition) is 1. The summed E-state index contributed by atoms with van der Waals surface area (Å²) in [5, 5.41) is 3.31. The van der Waals surface area contributed by atoms with Gasteiger partial charge in [0.1, 0.15) is 0 Å². The Labute approximate surface area is 89.0 Å². The van der Waals surface area contributed by atoms with E-state index in [0.29, 0.717) is 5.92 Å². The van der Waals surface area contributed by atoms with Crippen LogP contribution in [0.2, 0.25) is 0 Å². The van der Waals surface area contributed by atoms with Gasteiger partial charge in [0.25, 0.3) is 0 Å². The Morgan fingerprint density at radius 3 is 2.62 bits per heavy atom. The summed E-state index contributed by atoms with van der Waals surface area (Å²) in [5.41, 5.74) is 0. The summed E-state index contributed by atoms with van der Waals surface area (Å²) >= 11 is 2.25. The fraction of sp³-hybridized carbons (Fsp3) is 0.778. The monoisotopic (exact) mass is 360 g/mol. The maximum atomic E-state index is 4.53. The number of nitrogens with one attached hydrogen (secondary N) is 1. The van der Waals surface area contributed by atoms with E-state index in [-0.39, 0.29) is 0 Å². The molecule has 0 saturated heterocycles. The Kier molecular flexibility index (Phi) is 2.82. The van der Waals surface area contributed by atoms with Crippen LogP contribution in [0.4, 0.5) is 0 Å². The van der Waals surface area contributed by atoms with Gasteiger partial charge in [-0.25, -0.2) is 0 Å². The standard InChI is InChI=1S/C9H15N3.Pt/c1-12-7-10-9(11-12)8-5-3-2-4-6-8;/h8H,2-6H2,1H3,(H,10,11);. The van der Waals surface area contributed by atoms with Gasteiger partial charge in [-0.05, 0) is 0 Å². The Bertz CT molecular complexity index is 333. The normalized spacial score (nSPS) is 19.3. The van der Waals surface area contributed by atoms with Crippen LogP contribution >= 0.6 is 0 Å². The van der Waals surface area contributed by atoms with Crippen molar-refractivity contribution in [1.82, 2.24) is 14.8 Å². The van der Waals surface area contributed by atoms with Crippen molar-refractivity contribution in [2.24, 2.45) is 7.05 Å². The molecule has 1 aromatic heterocycles. The van der Waals surface area contributed by atoms with E-state index in [1.807, 2.05) is 11.7 Å². The van der Waals surface area contributed by atoms with Gasteiger partial charge in [0.15, 0.2) is 0 Å². The number of nitrogens with zero attached hydrogens (tertiary/aromatic N) is 2. The van der Waals surface area contributed by atoms with Crippen LogP contribution in [0.5, 0.6) is 0 Å². The third-order valence-electron chi connectivity index (χ3n) is 2.74. The molecule has 0 aliphatic heterocycles. The summed E-state index contributed by atoms with van der Waals surface area (Å²) in [6.07, 6.45) is 6.76. The van der Waals surface area contributed by atoms with Crippen molar-refractivity contribution in [3.8, 4) is 0 Å². The molecule has 1 aliphatic rings. The van der Waals surface area contributed by atoms with E-state index in [4.69, 9.17) is 0 Å². The predicted octanol–water partition coefficient (Wildman–Crippen LogP) is 1.87. The predicted molar refractivity (Wildman–Crippen MR) is 46.6 cm³/mol. The van der Waals surface area contributed by atoms with Crippen molar-refractivity contribution >= 4 is 0 Å². The molecule has 1 aliphatic carbocycles. The number of H-pyrrole nitrogens is 1. The van der Waals surface area contributed by atoms with Crippen LogP contribution in [-0.4, -0.2) is 14.8 Å². The van der Waals surface area contributed by atoms with Crippen LogP contribution in [0.25, 0.3) is 0 Å². The van der Waals surface area contributed by atoms with Gasteiger partial charge >= 0.3 is 88.8 Å². The molecule has 2 rings (SSSR count). The van der Waals surface area contributed by atoms with E-state index in [1.54, 1.807) is 0 Å². The molecule has 1 saturated carbocycles. The molecule has 4 heteroatoms. The summed E-state index contributed by atoms with van der Waals surface area (Å²) in [6, 6.07) is 0. The van der Waals surface area contributed by atoms with Crippen molar-refractivity contribution in [2.45, 2.75) is 38.0 Å². The van der Waals surface area contributed by atoms with E-state index in [2.05, 4.69) is 29.4 Å². The first kappa shape index (κ1) is 9.39. The van der Waals surface area contributed by atoms with Gasteiger partial charge in [-0.15, -0.1) is 0 Å². The maximum absolute atomic E-state index is 4.53. The van der Waals surface area contributed by atoms with Crippen molar-refractivity contribution in [3.05, 3.63) is 9.63 Å². The average molecular weight is 360 g/mol. The average Bonchev–Trinajstić information content (AvgIpc) is 2.49. The second-order valence-electron chi connectivity index (χ2n) is 3.74. The van der Waals surface area contributed by atoms with Crippen LogP contribution in [0, 0.1) is 3.80 Å². The number of hydrogen-bond donors (Lipinski definition) is 1.